The molecule has 1 N–H and O–H groups in total. The highest BCUT2D eigenvalue weighted by Gasteiger charge is 2.33. The standard InChI is InChI=1S/C16H13ClF3NO4S/c1-26(23,24)21-15(22)10-6-7-14(13(17)8-10)25-9-11-4-2-3-5-12(11)16(18,19)20/h2-8H,9H2,1H3,(H,21,22). The van der Waals surface area contributed by atoms with Crippen molar-refractivity contribution in [1.82, 2.24) is 4.72 Å². The number of carbonyl (C=O) groups excluding carboxylic acids is 1. The van der Waals surface area contributed by atoms with Gasteiger partial charge in [-0.25, -0.2) is 13.1 Å². The average Bonchev–Trinajstić information content (AvgIpc) is 2.51. The molecule has 0 aromatic heterocycles. The summed E-state index contributed by atoms with van der Waals surface area (Å²) in [4.78, 5) is 11.7. The second-order valence-electron chi connectivity index (χ2n) is 5.29. The lowest BCUT2D eigenvalue weighted by atomic mass is 10.1. The van der Waals surface area contributed by atoms with E-state index in [4.69, 9.17) is 16.3 Å². The Morgan fingerprint density at radius 2 is 1.85 bits per heavy atom. The maximum atomic E-state index is 13.0. The zero-order valence-electron chi connectivity index (χ0n) is 13.3. The fourth-order valence-corrected chi connectivity index (χ4v) is 2.75. The average molecular weight is 408 g/mol. The molecule has 2 aromatic rings. The van der Waals surface area contributed by atoms with Crippen LogP contribution in [0.2, 0.25) is 5.02 Å². The molecule has 0 saturated heterocycles. The molecular weight excluding hydrogens is 395 g/mol. The van der Waals surface area contributed by atoms with Crippen LogP contribution in [0.5, 0.6) is 5.75 Å². The van der Waals surface area contributed by atoms with Gasteiger partial charge < -0.3 is 4.74 Å². The van der Waals surface area contributed by atoms with Gasteiger partial charge in [0, 0.05) is 11.1 Å². The molecule has 0 unspecified atom stereocenters. The van der Waals surface area contributed by atoms with Crippen LogP contribution < -0.4 is 9.46 Å². The minimum Gasteiger partial charge on any atom is -0.487 e. The number of sulfonamides is 1. The van der Waals surface area contributed by atoms with Crippen LogP contribution in [0.15, 0.2) is 42.5 Å². The van der Waals surface area contributed by atoms with Crippen LogP contribution in [0, 0.1) is 0 Å². The van der Waals surface area contributed by atoms with E-state index in [1.54, 1.807) is 4.72 Å². The zero-order chi connectivity index (χ0) is 19.5. The molecule has 2 rings (SSSR count). The van der Waals surface area contributed by atoms with Crippen LogP contribution in [0.3, 0.4) is 0 Å². The van der Waals surface area contributed by atoms with Crippen molar-refractivity contribution in [3.8, 4) is 5.75 Å². The third kappa shape index (κ3) is 5.37. The molecule has 0 saturated carbocycles. The van der Waals surface area contributed by atoms with Gasteiger partial charge in [0.25, 0.3) is 5.91 Å². The largest absolute Gasteiger partial charge is 0.487 e. The maximum absolute atomic E-state index is 13.0. The lowest BCUT2D eigenvalue weighted by molar-refractivity contribution is -0.138. The SMILES string of the molecule is CS(=O)(=O)NC(=O)c1ccc(OCc2ccccc2C(F)(F)F)c(Cl)c1. The van der Waals surface area contributed by atoms with Gasteiger partial charge >= 0.3 is 6.18 Å². The van der Waals surface area contributed by atoms with E-state index < -0.39 is 27.7 Å². The Morgan fingerprint density at radius 3 is 2.42 bits per heavy atom. The van der Waals surface area contributed by atoms with E-state index in [2.05, 4.69) is 0 Å². The molecule has 0 heterocycles. The summed E-state index contributed by atoms with van der Waals surface area (Å²) < 4.78 is 68.1. The third-order valence-corrected chi connectivity index (χ3v) is 4.03. The van der Waals surface area contributed by atoms with Crippen LogP contribution in [0.25, 0.3) is 0 Å². The van der Waals surface area contributed by atoms with Gasteiger partial charge in [-0.15, -0.1) is 0 Å². The number of hydrogen-bond acceptors (Lipinski definition) is 4. The molecule has 0 atom stereocenters. The molecule has 2 aromatic carbocycles. The van der Waals surface area contributed by atoms with Crippen molar-refractivity contribution in [3.63, 3.8) is 0 Å². The summed E-state index contributed by atoms with van der Waals surface area (Å²) >= 11 is 5.96. The molecule has 0 aliphatic rings. The van der Waals surface area contributed by atoms with Crippen molar-refractivity contribution in [1.29, 1.82) is 0 Å². The highest BCUT2D eigenvalue weighted by Crippen LogP contribution is 2.33. The lowest BCUT2D eigenvalue weighted by Gasteiger charge is -2.14. The van der Waals surface area contributed by atoms with Crippen molar-refractivity contribution < 1.29 is 31.1 Å². The van der Waals surface area contributed by atoms with Crippen molar-refractivity contribution in [2.24, 2.45) is 0 Å². The van der Waals surface area contributed by atoms with E-state index in [1.165, 1.54) is 30.3 Å². The van der Waals surface area contributed by atoms with E-state index in [-0.39, 0.29) is 28.5 Å². The van der Waals surface area contributed by atoms with Gasteiger partial charge in [-0.3, -0.25) is 4.79 Å². The van der Waals surface area contributed by atoms with Crippen LogP contribution >= 0.6 is 11.6 Å². The van der Waals surface area contributed by atoms with Gasteiger partial charge in [0.15, 0.2) is 0 Å². The number of hydrogen-bond donors (Lipinski definition) is 1. The molecule has 140 valence electrons. The van der Waals surface area contributed by atoms with Gasteiger partial charge in [-0.05, 0) is 24.3 Å². The summed E-state index contributed by atoms with van der Waals surface area (Å²) in [6, 6.07) is 8.63. The number of carbonyl (C=O) groups is 1. The van der Waals surface area contributed by atoms with Crippen molar-refractivity contribution in [2.45, 2.75) is 12.8 Å². The van der Waals surface area contributed by atoms with Gasteiger partial charge in [0.2, 0.25) is 10.0 Å². The molecule has 0 spiro atoms. The normalized spacial score (nSPS) is 11.9. The topological polar surface area (TPSA) is 72.5 Å². The van der Waals surface area contributed by atoms with Gasteiger partial charge in [0.05, 0.1) is 16.8 Å². The summed E-state index contributed by atoms with van der Waals surface area (Å²) in [6.45, 7) is -0.385. The van der Waals surface area contributed by atoms with Gasteiger partial charge in [-0.1, -0.05) is 29.8 Å². The van der Waals surface area contributed by atoms with Crippen LogP contribution in [-0.2, 0) is 22.8 Å². The second kappa shape index (κ2) is 7.55. The third-order valence-electron chi connectivity index (χ3n) is 3.18. The lowest BCUT2D eigenvalue weighted by Crippen LogP contribution is -2.29. The predicted octanol–water partition coefficient (Wildman–Crippen LogP) is 3.63. The summed E-state index contributed by atoms with van der Waals surface area (Å²) in [5.41, 5.74) is -0.932. The minimum atomic E-state index is -4.52. The first-order chi connectivity index (χ1) is 12.0. The first kappa shape index (κ1) is 20.1. The van der Waals surface area contributed by atoms with Crippen molar-refractivity contribution in [3.05, 3.63) is 64.2 Å². The molecular formula is C16H13ClF3NO4S. The number of alkyl halides is 3. The number of amides is 1. The molecule has 1 amide bonds. The van der Waals surface area contributed by atoms with Crippen LogP contribution in [0.1, 0.15) is 21.5 Å². The second-order valence-corrected chi connectivity index (χ2v) is 7.45. The maximum Gasteiger partial charge on any atom is 0.416 e. The zero-order valence-corrected chi connectivity index (χ0v) is 14.9. The summed E-state index contributed by atoms with van der Waals surface area (Å²) in [6.07, 6.45) is -3.70. The summed E-state index contributed by atoms with van der Waals surface area (Å²) in [7, 11) is -3.74. The first-order valence-electron chi connectivity index (χ1n) is 7.07. The first-order valence-corrected chi connectivity index (χ1v) is 9.34. The summed E-state index contributed by atoms with van der Waals surface area (Å²) in [5, 5.41) is -0.0457. The Kier molecular flexibility index (Phi) is 5.82. The van der Waals surface area contributed by atoms with Crippen LogP contribution in [-0.4, -0.2) is 20.6 Å². The Bertz CT molecular complexity index is 929. The smallest absolute Gasteiger partial charge is 0.416 e. The van der Waals surface area contributed by atoms with E-state index in [0.717, 1.165) is 18.4 Å². The molecule has 10 heteroatoms. The Labute approximate surface area is 152 Å². The number of rotatable bonds is 5. The van der Waals surface area contributed by atoms with Crippen LogP contribution in [0.4, 0.5) is 13.2 Å². The van der Waals surface area contributed by atoms with E-state index >= 15 is 0 Å². The van der Waals surface area contributed by atoms with E-state index in [0.29, 0.717) is 0 Å². The molecule has 0 bridgehead atoms. The minimum absolute atomic E-state index is 0.0385. The number of benzene rings is 2. The highest BCUT2D eigenvalue weighted by atomic mass is 35.5. The highest BCUT2D eigenvalue weighted by molar-refractivity contribution is 7.89. The predicted molar refractivity (Wildman–Crippen MR) is 89.5 cm³/mol. The number of ether oxygens (including phenoxy) is 1. The van der Waals surface area contributed by atoms with Crippen molar-refractivity contribution >= 4 is 27.5 Å². The molecule has 0 aliphatic heterocycles. The Hall–Kier alpha value is -2.26. The van der Waals surface area contributed by atoms with Gasteiger partial charge in [-0.2, -0.15) is 13.2 Å². The molecule has 26 heavy (non-hydrogen) atoms. The molecule has 0 aliphatic carbocycles. The molecule has 5 nitrogen and oxygen atoms in total. The summed E-state index contributed by atoms with van der Waals surface area (Å²) in [5.74, 6) is -0.831. The Balaban J connectivity index is 2.16. The molecule has 0 fully saturated rings. The van der Waals surface area contributed by atoms with Gasteiger partial charge in [0.1, 0.15) is 12.4 Å². The number of halogens is 4. The Morgan fingerprint density at radius 1 is 1.19 bits per heavy atom. The molecule has 0 radical (unpaired) electrons. The number of nitrogens with one attached hydrogen (secondary N) is 1. The van der Waals surface area contributed by atoms with Crippen molar-refractivity contribution in [2.75, 3.05) is 6.26 Å². The quantitative estimate of drug-likeness (QED) is 0.821. The fraction of sp³-hybridized carbons (Fsp3) is 0.188. The fourth-order valence-electron chi connectivity index (χ4n) is 2.06. The monoisotopic (exact) mass is 407 g/mol. The van der Waals surface area contributed by atoms with E-state index in [1.807, 2.05) is 0 Å². The van der Waals surface area contributed by atoms with E-state index in [9.17, 15) is 26.4 Å².